The second-order valence-corrected chi connectivity index (χ2v) is 5.22. The normalized spacial score (nSPS) is 10.4. The van der Waals surface area contributed by atoms with Gasteiger partial charge in [-0.2, -0.15) is 0 Å². The van der Waals surface area contributed by atoms with Gasteiger partial charge in [-0.25, -0.2) is 0 Å². The van der Waals surface area contributed by atoms with Crippen molar-refractivity contribution in [3.8, 4) is 5.75 Å². The predicted octanol–water partition coefficient (Wildman–Crippen LogP) is 4.16. The zero-order valence-electron chi connectivity index (χ0n) is 12.7. The summed E-state index contributed by atoms with van der Waals surface area (Å²) in [5.41, 5.74) is 5.78. The molecule has 0 atom stereocenters. The van der Waals surface area contributed by atoms with Gasteiger partial charge in [-0.05, 0) is 62.1 Å². The summed E-state index contributed by atoms with van der Waals surface area (Å²) < 4.78 is 5.43. The van der Waals surface area contributed by atoms with Crippen molar-refractivity contribution in [1.29, 1.82) is 0 Å². The van der Waals surface area contributed by atoms with E-state index in [4.69, 9.17) is 4.74 Å². The number of methoxy groups -OCH3 is 1. The Morgan fingerprint density at radius 1 is 0.900 bits per heavy atom. The first-order valence-electron chi connectivity index (χ1n) is 6.72. The van der Waals surface area contributed by atoms with Crippen molar-refractivity contribution in [2.45, 2.75) is 27.7 Å². The van der Waals surface area contributed by atoms with E-state index in [0.717, 1.165) is 16.7 Å². The number of hydrogen-bond acceptors (Lipinski definition) is 2. The molecule has 2 rings (SSSR count). The lowest BCUT2D eigenvalue weighted by Crippen LogP contribution is -2.06. The summed E-state index contributed by atoms with van der Waals surface area (Å²) in [6.45, 7) is 8.05. The molecular weight excluding hydrogens is 248 g/mol. The molecule has 0 spiro atoms. The average Bonchev–Trinajstić information content (AvgIpc) is 2.44. The largest absolute Gasteiger partial charge is 0.496 e. The molecule has 2 nitrogen and oxygen atoms in total. The topological polar surface area (TPSA) is 26.3 Å². The Kier molecular flexibility index (Phi) is 3.93. The molecule has 0 aliphatic heterocycles. The van der Waals surface area contributed by atoms with Crippen molar-refractivity contribution in [1.82, 2.24) is 0 Å². The van der Waals surface area contributed by atoms with Crippen molar-refractivity contribution in [2.75, 3.05) is 7.11 Å². The van der Waals surface area contributed by atoms with Crippen LogP contribution in [0.3, 0.4) is 0 Å². The van der Waals surface area contributed by atoms with Gasteiger partial charge in [0.05, 0.1) is 12.7 Å². The lowest BCUT2D eigenvalue weighted by atomic mass is 9.96. The summed E-state index contributed by atoms with van der Waals surface area (Å²) in [5.74, 6) is 0.682. The molecule has 0 saturated heterocycles. The third-order valence-corrected chi connectivity index (χ3v) is 3.89. The highest BCUT2D eigenvalue weighted by Gasteiger charge is 2.17. The summed E-state index contributed by atoms with van der Waals surface area (Å²) in [4.78, 5) is 12.7. The van der Waals surface area contributed by atoms with Gasteiger partial charge in [0.2, 0.25) is 0 Å². The molecule has 104 valence electrons. The van der Waals surface area contributed by atoms with E-state index in [1.807, 2.05) is 58.0 Å². The highest BCUT2D eigenvalue weighted by Crippen LogP contribution is 2.28. The molecule has 2 aromatic rings. The maximum atomic E-state index is 12.7. The van der Waals surface area contributed by atoms with Gasteiger partial charge in [-0.1, -0.05) is 18.2 Å². The van der Waals surface area contributed by atoms with Crippen LogP contribution in [-0.4, -0.2) is 12.9 Å². The zero-order chi connectivity index (χ0) is 14.9. The Hall–Kier alpha value is -2.09. The second-order valence-electron chi connectivity index (χ2n) is 5.22. The van der Waals surface area contributed by atoms with Crippen LogP contribution in [0.15, 0.2) is 30.3 Å². The lowest BCUT2D eigenvalue weighted by Gasteiger charge is -2.13. The minimum atomic E-state index is 0.00745. The second kappa shape index (κ2) is 5.49. The molecule has 0 unspecified atom stereocenters. The Bertz CT molecular complexity index is 669. The maximum Gasteiger partial charge on any atom is 0.196 e. The minimum Gasteiger partial charge on any atom is -0.496 e. The van der Waals surface area contributed by atoms with Gasteiger partial charge >= 0.3 is 0 Å². The number of carbonyl (C=O) groups is 1. The van der Waals surface area contributed by atoms with Gasteiger partial charge in [0.25, 0.3) is 0 Å². The number of hydrogen-bond donors (Lipinski definition) is 0. The smallest absolute Gasteiger partial charge is 0.196 e. The van der Waals surface area contributed by atoms with Gasteiger partial charge in [0.15, 0.2) is 5.78 Å². The fraction of sp³-hybridized carbons (Fsp3) is 0.278. The van der Waals surface area contributed by atoms with Gasteiger partial charge in [-0.3, -0.25) is 4.79 Å². The van der Waals surface area contributed by atoms with Gasteiger partial charge < -0.3 is 4.74 Å². The molecule has 0 fully saturated rings. The van der Waals surface area contributed by atoms with E-state index in [1.54, 1.807) is 7.11 Å². The molecule has 0 aromatic heterocycles. The SMILES string of the molecule is COc1c(C(=O)c2ccc(C)c(C)c2)ccc(C)c1C. The van der Waals surface area contributed by atoms with Crippen LogP contribution < -0.4 is 4.74 Å². The Morgan fingerprint density at radius 2 is 1.55 bits per heavy atom. The van der Waals surface area contributed by atoms with Crippen LogP contribution in [0.5, 0.6) is 5.75 Å². The molecule has 0 aliphatic rings. The fourth-order valence-electron chi connectivity index (χ4n) is 2.27. The summed E-state index contributed by atoms with van der Waals surface area (Å²) in [5, 5.41) is 0. The van der Waals surface area contributed by atoms with E-state index in [-0.39, 0.29) is 5.78 Å². The predicted molar refractivity (Wildman–Crippen MR) is 81.8 cm³/mol. The van der Waals surface area contributed by atoms with Crippen LogP contribution in [0, 0.1) is 27.7 Å². The lowest BCUT2D eigenvalue weighted by molar-refractivity contribution is 0.103. The molecule has 0 aliphatic carbocycles. The van der Waals surface area contributed by atoms with Crippen molar-refractivity contribution in [3.05, 3.63) is 63.7 Å². The standard InChI is InChI=1S/C18H20O2/c1-11-6-8-15(10-13(11)3)17(19)16-9-7-12(2)14(4)18(16)20-5/h6-10H,1-5H3. The summed E-state index contributed by atoms with van der Waals surface area (Å²) in [6, 6.07) is 9.60. The summed E-state index contributed by atoms with van der Waals surface area (Å²) >= 11 is 0. The third kappa shape index (κ3) is 2.46. The molecule has 0 saturated carbocycles. The first kappa shape index (κ1) is 14.3. The number of aryl methyl sites for hydroxylation is 3. The fourth-order valence-corrected chi connectivity index (χ4v) is 2.27. The molecule has 2 heteroatoms. The molecule has 0 N–H and O–H groups in total. The van der Waals surface area contributed by atoms with Crippen molar-refractivity contribution < 1.29 is 9.53 Å². The number of rotatable bonds is 3. The van der Waals surface area contributed by atoms with Crippen molar-refractivity contribution in [2.24, 2.45) is 0 Å². The minimum absolute atomic E-state index is 0.00745. The monoisotopic (exact) mass is 268 g/mol. The first-order chi connectivity index (χ1) is 9.45. The van der Waals surface area contributed by atoms with E-state index < -0.39 is 0 Å². The van der Waals surface area contributed by atoms with E-state index >= 15 is 0 Å². The Balaban J connectivity index is 2.53. The van der Waals surface area contributed by atoms with E-state index in [2.05, 4.69) is 0 Å². The van der Waals surface area contributed by atoms with E-state index in [1.165, 1.54) is 5.56 Å². The van der Waals surface area contributed by atoms with Gasteiger partial charge in [0.1, 0.15) is 5.75 Å². The molecule has 2 aromatic carbocycles. The first-order valence-corrected chi connectivity index (χ1v) is 6.72. The average molecular weight is 268 g/mol. The number of benzene rings is 2. The molecule has 0 heterocycles. The van der Waals surface area contributed by atoms with Crippen LogP contribution in [0.4, 0.5) is 0 Å². The van der Waals surface area contributed by atoms with Gasteiger partial charge in [-0.15, -0.1) is 0 Å². The highest BCUT2D eigenvalue weighted by molar-refractivity contribution is 6.11. The molecule has 0 amide bonds. The van der Waals surface area contributed by atoms with Crippen LogP contribution >= 0.6 is 0 Å². The van der Waals surface area contributed by atoms with Crippen LogP contribution in [0.2, 0.25) is 0 Å². The van der Waals surface area contributed by atoms with Crippen LogP contribution in [-0.2, 0) is 0 Å². The van der Waals surface area contributed by atoms with E-state index in [0.29, 0.717) is 16.9 Å². The number of ether oxygens (including phenoxy) is 1. The summed E-state index contributed by atoms with van der Waals surface area (Å²) in [6.07, 6.45) is 0. The Labute approximate surface area is 120 Å². The zero-order valence-corrected chi connectivity index (χ0v) is 12.7. The van der Waals surface area contributed by atoms with Gasteiger partial charge in [0, 0.05) is 5.56 Å². The Morgan fingerprint density at radius 3 is 2.15 bits per heavy atom. The third-order valence-electron chi connectivity index (χ3n) is 3.89. The molecule has 20 heavy (non-hydrogen) atoms. The quantitative estimate of drug-likeness (QED) is 0.781. The number of carbonyl (C=O) groups excluding carboxylic acids is 1. The number of ketones is 1. The van der Waals surface area contributed by atoms with Crippen LogP contribution in [0.1, 0.15) is 38.2 Å². The molecular formula is C18H20O2. The molecule has 0 bridgehead atoms. The van der Waals surface area contributed by atoms with E-state index in [9.17, 15) is 4.79 Å². The van der Waals surface area contributed by atoms with Crippen molar-refractivity contribution >= 4 is 5.78 Å². The molecule has 0 radical (unpaired) electrons. The maximum absolute atomic E-state index is 12.7. The highest BCUT2D eigenvalue weighted by atomic mass is 16.5. The summed E-state index contributed by atoms with van der Waals surface area (Å²) in [7, 11) is 1.61. The van der Waals surface area contributed by atoms with Crippen LogP contribution in [0.25, 0.3) is 0 Å². The van der Waals surface area contributed by atoms with Crippen molar-refractivity contribution in [3.63, 3.8) is 0 Å².